The summed E-state index contributed by atoms with van der Waals surface area (Å²) in [6, 6.07) is -0.0591. The van der Waals surface area contributed by atoms with Gasteiger partial charge in [0.05, 0.1) is 18.5 Å². The van der Waals surface area contributed by atoms with Crippen LogP contribution in [0.5, 0.6) is 0 Å². The molecule has 2 atom stereocenters. The second-order valence-corrected chi connectivity index (χ2v) is 3.91. The van der Waals surface area contributed by atoms with Crippen molar-refractivity contribution in [3.8, 4) is 0 Å². The largest absolute Gasteiger partial charge is 0.500 e. The van der Waals surface area contributed by atoms with Gasteiger partial charge in [-0.15, -0.1) is 11.6 Å². The van der Waals surface area contributed by atoms with Gasteiger partial charge in [0.25, 0.3) is 0 Å². The summed E-state index contributed by atoms with van der Waals surface area (Å²) >= 11 is 5.79. The fourth-order valence-corrected chi connectivity index (χ4v) is 0.994. The van der Waals surface area contributed by atoms with Crippen molar-refractivity contribution in [3.05, 3.63) is 11.8 Å². The van der Waals surface area contributed by atoms with Gasteiger partial charge in [-0.2, -0.15) is 0 Å². The quantitative estimate of drug-likeness (QED) is 0.546. The van der Waals surface area contributed by atoms with Gasteiger partial charge >= 0.3 is 0 Å². The minimum absolute atomic E-state index is 0.0373. The molecular formula is C9H18ClNO. The van der Waals surface area contributed by atoms with Gasteiger partial charge in [-0.25, -0.2) is 0 Å². The predicted molar refractivity (Wildman–Crippen MR) is 53.2 cm³/mol. The molecule has 3 heteroatoms. The first-order valence-corrected chi connectivity index (χ1v) is 4.58. The van der Waals surface area contributed by atoms with E-state index in [0.717, 1.165) is 5.76 Å². The van der Waals surface area contributed by atoms with Crippen LogP contribution in [0.4, 0.5) is 0 Å². The molecule has 0 saturated heterocycles. The fraction of sp³-hybridized carbons (Fsp3) is 0.778. The third-order valence-electron chi connectivity index (χ3n) is 1.68. The molecule has 12 heavy (non-hydrogen) atoms. The number of hydrogen-bond donors (Lipinski definition) is 1. The molecule has 1 unspecified atom stereocenters. The van der Waals surface area contributed by atoms with Crippen molar-refractivity contribution in [2.75, 3.05) is 7.11 Å². The van der Waals surface area contributed by atoms with Crippen LogP contribution in [0.1, 0.15) is 20.8 Å². The van der Waals surface area contributed by atoms with Crippen LogP contribution in [0.2, 0.25) is 0 Å². The lowest BCUT2D eigenvalue weighted by atomic mass is 10.0. The van der Waals surface area contributed by atoms with Gasteiger partial charge in [0.2, 0.25) is 0 Å². The van der Waals surface area contributed by atoms with Crippen LogP contribution in [-0.2, 0) is 4.74 Å². The molecule has 0 amide bonds. The maximum absolute atomic E-state index is 5.87. The van der Waals surface area contributed by atoms with Crippen LogP contribution in [0.3, 0.4) is 0 Å². The average Bonchev–Trinajstić information content (AvgIpc) is 1.98. The van der Waals surface area contributed by atoms with E-state index >= 15 is 0 Å². The van der Waals surface area contributed by atoms with Crippen LogP contribution >= 0.6 is 11.6 Å². The molecule has 0 fully saturated rings. The van der Waals surface area contributed by atoms with E-state index in [1.54, 1.807) is 7.11 Å². The van der Waals surface area contributed by atoms with E-state index in [4.69, 9.17) is 22.1 Å². The number of halogens is 1. The molecule has 0 aromatic rings. The lowest BCUT2D eigenvalue weighted by Crippen LogP contribution is -2.29. The summed E-state index contributed by atoms with van der Waals surface area (Å²) in [6.07, 6.45) is 1.84. The molecule has 0 radical (unpaired) electrons. The van der Waals surface area contributed by atoms with Gasteiger partial charge in [-0.1, -0.05) is 13.8 Å². The van der Waals surface area contributed by atoms with E-state index in [1.165, 1.54) is 0 Å². The minimum atomic E-state index is -0.0591. The van der Waals surface area contributed by atoms with Gasteiger partial charge < -0.3 is 10.5 Å². The van der Waals surface area contributed by atoms with Gasteiger partial charge in [0.1, 0.15) is 5.76 Å². The Morgan fingerprint density at radius 1 is 1.42 bits per heavy atom. The number of ether oxygens (including phenoxy) is 1. The zero-order valence-corrected chi connectivity index (χ0v) is 8.93. The summed E-state index contributed by atoms with van der Waals surface area (Å²) in [7, 11) is 1.62. The van der Waals surface area contributed by atoms with E-state index in [9.17, 15) is 0 Å². The molecule has 0 spiro atoms. The molecule has 0 aliphatic rings. The molecule has 0 bridgehead atoms. The Hall–Kier alpha value is -0.210. The Bertz CT molecular complexity index is 155. The number of hydrogen-bond acceptors (Lipinski definition) is 2. The van der Waals surface area contributed by atoms with Crippen molar-refractivity contribution >= 4 is 11.6 Å². The SMILES string of the molecule is CO/C(=C\C(C)Cl)[C@H](N)C(C)C. The lowest BCUT2D eigenvalue weighted by molar-refractivity contribution is 0.246. The molecular weight excluding hydrogens is 174 g/mol. The predicted octanol–water partition coefficient (Wildman–Crippen LogP) is 2.13. The molecule has 0 saturated carbocycles. The monoisotopic (exact) mass is 191 g/mol. The Kier molecular flexibility index (Phi) is 5.34. The van der Waals surface area contributed by atoms with Crippen molar-refractivity contribution < 1.29 is 4.74 Å². The number of rotatable bonds is 4. The Morgan fingerprint density at radius 2 is 1.92 bits per heavy atom. The van der Waals surface area contributed by atoms with E-state index < -0.39 is 0 Å². The number of nitrogens with two attached hydrogens (primary N) is 1. The lowest BCUT2D eigenvalue weighted by Gasteiger charge is -2.18. The molecule has 0 rings (SSSR count). The summed E-state index contributed by atoms with van der Waals surface area (Å²) in [5, 5.41) is -0.0373. The van der Waals surface area contributed by atoms with Crippen molar-refractivity contribution in [2.24, 2.45) is 11.7 Å². The van der Waals surface area contributed by atoms with Gasteiger partial charge in [-0.3, -0.25) is 0 Å². The van der Waals surface area contributed by atoms with E-state index in [1.807, 2.05) is 13.0 Å². The van der Waals surface area contributed by atoms with E-state index in [2.05, 4.69) is 13.8 Å². The maximum atomic E-state index is 5.87. The highest BCUT2D eigenvalue weighted by atomic mass is 35.5. The number of methoxy groups -OCH3 is 1. The molecule has 0 aliphatic carbocycles. The van der Waals surface area contributed by atoms with Crippen molar-refractivity contribution in [1.82, 2.24) is 0 Å². The molecule has 2 nitrogen and oxygen atoms in total. The van der Waals surface area contributed by atoms with Crippen molar-refractivity contribution in [3.63, 3.8) is 0 Å². The summed E-state index contributed by atoms with van der Waals surface area (Å²) in [6.45, 7) is 5.99. The first-order valence-electron chi connectivity index (χ1n) is 4.14. The fourth-order valence-electron chi connectivity index (χ4n) is 0.870. The van der Waals surface area contributed by atoms with Gasteiger partial charge in [0.15, 0.2) is 0 Å². The topological polar surface area (TPSA) is 35.2 Å². The molecule has 0 heterocycles. The van der Waals surface area contributed by atoms with Crippen molar-refractivity contribution in [1.29, 1.82) is 0 Å². The smallest absolute Gasteiger partial charge is 0.110 e. The van der Waals surface area contributed by atoms with Crippen LogP contribution in [-0.4, -0.2) is 18.5 Å². The first kappa shape index (κ1) is 11.8. The molecule has 0 aromatic carbocycles. The van der Waals surface area contributed by atoms with Crippen LogP contribution in [0.15, 0.2) is 11.8 Å². The minimum Gasteiger partial charge on any atom is -0.500 e. The van der Waals surface area contributed by atoms with Crippen LogP contribution in [0, 0.1) is 5.92 Å². The summed E-state index contributed by atoms with van der Waals surface area (Å²) in [4.78, 5) is 0. The molecule has 72 valence electrons. The van der Waals surface area contributed by atoms with Gasteiger partial charge in [-0.05, 0) is 18.9 Å². The Balaban J connectivity index is 4.33. The second-order valence-electron chi connectivity index (χ2n) is 3.22. The van der Waals surface area contributed by atoms with E-state index in [-0.39, 0.29) is 11.4 Å². The average molecular weight is 192 g/mol. The standard InChI is InChI=1S/C9H18ClNO/c1-6(2)9(11)8(12-4)5-7(3)10/h5-7,9H,11H2,1-4H3/b8-5-/t7?,9-/m1/s1. The van der Waals surface area contributed by atoms with Crippen molar-refractivity contribution in [2.45, 2.75) is 32.2 Å². The Labute approximate surface area is 79.7 Å². The third-order valence-corrected chi connectivity index (χ3v) is 1.80. The normalized spacial score (nSPS) is 17.8. The summed E-state index contributed by atoms with van der Waals surface area (Å²) < 4.78 is 5.14. The number of allylic oxidation sites excluding steroid dienone is 1. The first-order chi connectivity index (χ1) is 5.49. The van der Waals surface area contributed by atoms with E-state index in [0.29, 0.717) is 5.92 Å². The molecule has 0 aromatic heterocycles. The summed E-state index contributed by atoms with van der Waals surface area (Å²) in [5.74, 6) is 1.14. The third kappa shape index (κ3) is 3.98. The molecule has 0 aliphatic heterocycles. The highest BCUT2D eigenvalue weighted by molar-refractivity contribution is 6.21. The highest BCUT2D eigenvalue weighted by Crippen LogP contribution is 2.12. The molecule has 2 N–H and O–H groups in total. The van der Waals surface area contributed by atoms with Crippen LogP contribution < -0.4 is 5.73 Å². The van der Waals surface area contributed by atoms with Gasteiger partial charge in [0, 0.05) is 0 Å². The van der Waals surface area contributed by atoms with Crippen LogP contribution in [0.25, 0.3) is 0 Å². The second kappa shape index (κ2) is 5.44. The summed E-state index contributed by atoms with van der Waals surface area (Å²) in [5.41, 5.74) is 5.87. The maximum Gasteiger partial charge on any atom is 0.110 e. The Morgan fingerprint density at radius 3 is 2.17 bits per heavy atom. The number of alkyl halides is 1. The zero-order chi connectivity index (χ0) is 9.72. The zero-order valence-electron chi connectivity index (χ0n) is 8.17. The highest BCUT2D eigenvalue weighted by Gasteiger charge is 2.14.